The van der Waals surface area contributed by atoms with Crippen molar-refractivity contribution in [2.75, 3.05) is 13.2 Å². The number of hydrogen-bond acceptors (Lipinski definition) is 3. The third-order valence-electron chi connectivity index (χ3n) is 1.98. The molecule has 6 heteroatoms. The maximum Gasteiger partial charge on any atom is 0.312 e. The molecule has 6 nitrogen and oxygen atoms in total. The molecule has 1 heterocycles. The Morgan fingerprint density at radius 3 is 2.71 bits per heavy atom. The van der Waals surface area contributed by atoms with Gasteiger partial charge in [0.25, 0.3) is 5.91 Å². The van der Waals surface area contributed by atoms with Gasteiger partial charge in [0, 0.05) is 6.54 Å². The number of carbonyl (C=O) groups excluding carboxylic acids is 2. The van der Waals surface area contributed by atoms with E-state index in [1.54, 1.807) is 6.92 Å². The third-order valence-corrected chi connectivity index (χ3v) is 1.98. The topological polar surface area (TPSA) is 84.7 Å². The number of nitrogens with two attached hydrogens (primary N) is 1. The standard InChI is InChI=1S/C8H15N3O3/c1-6(10-8(9)13)7(12)11-4-2-3-5-14-11/h6H,2-5H2,1H3,(H3,9,10,13). The van der Waals surface area contributed by atoms with Crippen LogP contribution in [0.4, 0.5) is 4.79 Å². The van der Waals surface area contributed by atoms with E-state index in [2.05, 4.69) is 5.32 Å². The molecule has 0 bridgehead atoms. The molecule has 1 aliphatic rings. The summed E-state index contributed by atoms with van der Waals surface area (Å²) in [6.45, 7) is 2.70. The van der Waals surface area contributed by atoms with Crippen LogP contribution in [0.5, 0.6) is 0 Å². The van der Waals surface area contributed by atoms with Gasteiger partial charge in [0.1, 0.15) is 6.04 Å². The molecule has 0 aromatic heterocycles. The molecule has 80 valence electrons. The van der Waals surface area contributed by atoms with Crippen molar-refractivity contribution in [2.24, 2.45) is 5.73 Å². The van der Waals surface area contributed by atoms with Crippen LogP contribution in [0.3, 0.4) is 0 Å². The van der Waals surface area contributed by atoms with Crippen LogP contribution in [0.25, 0.3) is 0 Å². The maximum absolute atomic E-state index is 11.6. The van der Waals surface area contributed by atoms with E-state index in [0.29, 0.717) is 13.2 Å². The Hall–Kier alpha value is -1.30. The smallest absolute Gasteiger partial charge is 0.312 e. The van der Waals surface area contributed by atoms with Gasteiger partial charge < -0.3 is 11.1 Å². The second kappa shape index (κ2) is 4.80. The number of urea groups is 1. The van der Waals surface area contributed by atoms with Crippen LogP contribution in [0.15, 0.2) is 0 Å². The summed E-state index contributed by atoms with van der Waals surface area (Å²) in [6.07, 6.45) is 1.89. The monoisotopic (exact) mass is 201 g/mol. The molecule has 0 spiro atoms. The van der Waals surface area contributed by atoms with E-state index < -0.39 is 12.1 Å². The molecular weight excluding hydrogens is 186 g/mol. The van der Waals surface area contributed by atoms with Crippen LogP contribution < -0.4 is 11.1 Å². The van der Waals surface area contributed by atoms with E-state index in [0.717, 1.165) is 12.8 Å². The number of nitrogens with zero attached hydrogens (tertiary/aromatic N) is 1. The van der Waals surface area contributed by atoms with Crippen molar-refractivity contribution >= 4 is 11.9 Å². The van der Waals surface area contributed by atoms with Crippen molar-refractivity contribution in [2.45, 2.75) is 25.8 Å². The summed E-state index contributed by atoms with van der Waals surface area (Å²) in [4.78, 5) is 27.2. The van der Waals surface area contributed by atoms with Crippen LogP contribution in [0.1, 0.15) is 19.8 Å². The first-order valence-electron chi connectivity index (χ1n) is 4.61. The highest BCUT2D eigenvalue weighted by molar-refractivity contribution is 5.85. The molecule has 0 aromatic rings. The first kappa shape index (κ1) is 10.8. The van der Waals surface area contributed by atoms with Crippen LogP contribution >= 0.6 is 0 Å². The van der Waals surface area contributed by atoms with Gasteiger partial charge in [-0.05, 0) is 19.8 Å². The lowest BCUT2D eigenvalue weighted by atomic mass is 10.2. The lowest BCUT2D eigenvalue weighted by Gasteiger charge is -2.28. The highest BCUT2D eigenvalue weighted by Gasteiger charge is 2.23. The highest BCUT2D eigenvalue weighted by Crippen LogP contribution is 2.07. The first-order valence-corrected chi connectivity index (χ1v) is 4.61. The number of hydrogen-bond donors (Lipinski definition) is 2. The number of rotatable bonds is 2. The Morgan fingerprint density at radius 1 is 1.50 bits per heavy atom. The fraction of sp³-hybridized carbons (Fsp3) is 0.750. The number of carbonyl (C=O) groups is 2. The zero-order valence-electron chi connectivity index (χ0n) is 8.16. The predicted molar refractivity (Wildman–Crippen MR) is 49.1 cm³/mol. The van der Waals surface area contributed by atoms with E-state index >= 15 is 0 Å². The van der Waals surface area contributed by atoms with Crippen LogP contribution in [0.2, 0.25) is 0 Å². The van der Waals surface area contributed by atoms with Gasteiger partial charge in [0.2, 0.25) is 0 Å². The molecule has 1 unspecified atom stereocenters. The molecule has 1 atom stereocenters. The summed E-state index contributed by atoms with van der Waals surface area (Å²) >= 11 is 0. The summed E-state index contributed by atoms with van der Waals surface area (Å²) in [5.74, 6) is -0.261. The minimum atomic E-state index is -0.706. The fourth-order valence-corrected chi connectivity index (χ4v) is 1.26. The molecule has 0 saturated carbocycles. The molecule has 0 radical (unpaired) electrons. The molecular formula is C8H15N3O3. The van der Waals surface area contributed by atoms with E-state index in [4.69, 9.17) is 10.6 Å². The van der Waals surface area contributed by atoms with Gasteiger partial charge in [0.15, 0.2) is 0 Å². The Kier molecular flexibility index (Phi) is 3.70. The van der Waals surface area contributed by atoms with Crippen molar-refractivity contribution in [1.82, 2.24) is 10.4 Å². The minimum absolute atomic E-state index is 0.261. The fourth-order valence-electron chi connectivity index (χ4n) is 1.26. The predicted octanol–water partition coefficient (Wildman–Crippen LogP) is -0.403. The Morgan fingerprint density at radius 2 is 2.21 bits per heavy atom. The minimum Gasteiger partial charge on any atom is -0.352 e. The molecule has 0 aromatic carbocycles. The zero-order valence-corrected chi connectivity index (χ0v) is 8.16. The summed E-state index contributed by atoms with van der Waals surface area (Å²) < 4.78 is 0. The van der Waals surface area contributed by atoms with Crippen molar-refractivity contribution < 1.29 is 14.4 Å². The maximum atomic E-state index is 11.6. The van der Waals surface area contributed by atoms with Gasteiger partial charge in [-0.1, -0.05) is 0 Å². The summed E-state index contributed by atoms with van der Waals surface area (Å²) in [6, 6.07) is -1.34. The van der Waals surface area contributed by atoms with E-state index in [1.807, 2.05) is 0 Å². The molecule has 14 heavy (non-hydrogen) atoms. The van der Waals surface area contributed by atoms with Gasteiger partial charge in [0.05, 0.1) is 6.61 Å². The molecule has 1 fully saturated rings. The van der Waals surface area contributed by atoms with Gasteiger partial charge in [-0.15, -0.1) is 0 Å². The molecule has 3 N–H and O–H groups in total. The molecule has 3 amide bonds. The molecule has 1 aliphatic heterocycles. The van der Waals surface area contributed by atoms with E-state index in [-0.39, 0.29) is 5.91 Å². The van der Waals surface area contributed by atoms with Crippen LogP contribution in [-0.2, 0) is 9.63 Å². The Bertz CT molecular complexity index is 226. The van der Waals surface area contributed by atoms with Gasteiger partial charge in [-0.25, -0.2) is 9.86 Å². The second-order valence-corrected chi connectivity index (χ2v) is 3.21. The average Bonchev–Trinajstić information content (AvgIpc) is 2.17. The van der Waals surface area contributed by atoms with Crippen molar-refractivity contribution in [3.8, 4) is 0 Å². The number of hydroxylamine groups is 2. The normalized spacial score (nSPS) is 18.8. The summed E-state index contributed by atoms with van der Waals surface area (Å²) in [7, 11) is 0. The largest absolute Gasteiger partial charge is 0.352 e. The van der Waals surface area contributed by atoms with Crippen LogP contribution in [0, 0.1) is 0 Å². The Labute approximate surface area is 82.3 Å². The lowest BCUT2D eigenvalue weighted by Crippen LogP contribution is -2.49. The lowest BCUT2D eigenvalue weighted by molar-refractivity contribution is -0.198. The number of primary amides is 1. The van der Waals surface area contributed by atoms with Gasteiger partial charge in [-0.2, -0.15) is 0 Å². The summed E-state index contributed by atoms with van der Waals surface area (Å²) in [5.41, 5.74) is 4.90. The van der Waals surface area contributed by atoms with Gasteiger partial charge >= 0.3 is 6.03 Å². The molecule has 1 rings (SSSR count). The SMILES string of the molecule is CC(NC(N)=O)C(=O)N1CCCCO1. The van der Waals surface area contributed by atoms with Crippen molar-refractivity contribution in [3.05, 3.63) is 0 Å². The van der Waals surface area contributed by atoms with Crippen LogP contribution in [-0.4, -0.2) is 36.2 Å². The quantitative estimate of drug-likeness (QED) is 0.637. The average molecular weight is 201 g/mol. The van der Waals surface area contributed by atoms with Crippen molar-refractivity contribution in [1.29, 1.82) is 0 Å². The first-order chi connectivity index (χ1) is 6.61. The van der Waals surface area contributed by atoms with Crippen molar-refractivity contribution in [3.63, 3.8) is 0 Å². The van der Waals surface area contributed by atoms with Gasteiger partial charge in [-0.3, -0.25) is 9.63 Å². The highest BCUT2D eigenvalue weighted by atomic mass is 16.7. The summed E-state index contributed by atoms with van der Waals surface area (Å²) in [5, 5.41) is 3.59. The van der Waals surface area contributed by atoms with E-state index in [1.165, 1.54) is 5.06 Å². The number of amides is 3. The van der Waals surface area contributed by atoms with E-state index in [9.17, 15) is 9.59 Å². The third kappa shape index (κ3) is 2.88. The Balaban J connectivity index is 2.42. The zero-order chi connectivity index (χ0) is 10.6. The molecule has 0 aliphatic carbocycles. The molecule has 1 saturated heterocycles. The number of nitrogens with one attached hydrogen (secondary N) is 1. The second-order valence-electron chi connectivity index (χ2n) is 3.21.